The summed E-state index contributed by atoms with van der Waals surface area (Å²) in [7, 11) is 1.61. The normalized spacial score (nSPS) is 24.1. The van der Waals surface area contributed by atoms with Gasteiger partial charge in [-0.25, -0.2) is 0 Å². The lowest BCUT2D eigenvalue weighted by molar-refractivity contribution is -0.129. The second kappa shape index (κ2) is 6.89. The number of halogens is 1. The van der Waals surface area contributed by atoms with Crippen molar-refractivity contribution in [3.8, 4) is 0 Å². The molecule has 0 spiro atoms. The summed E-state index contributed by atoms with van der Waals surface area (Å²) >= 11 is 0. The zero-order chi connectivity index (χ0) is 15.7. The maximum atomic E-state index is 13.2. The minimum atomic E-state index is -0.762. The molecule has 23 heavy (non-hydrogen) atoms. The molecule has 1 saturated heterocycles. The largest absolute Gasteiger partial charge is 1.00 e. The van der Waals surface area contributed by atoms with Crippen LogP contribution < -0.4 is 27.9 Å². The molecule has 1 fully saturated rings. The molecule has 2 amide bonds. The maximum absolute atomic E-state index is 13.2. The summed E-state index contributed by atoms with van der Waals surface area (Å²) in [5.41, 5.74) is 1.19. The molecular formula is C17H24ClN3O2. The Hall–Kier alpha value is -1.59. The van der Waals surface area contributed by atoms with Crippen LogP contribution in [0, 0.1) is 0 Å². The van der Waals surface area contributed by atoms with Crippen LogP contribution in [0.2, 0.25) is 0 Å². The Labute approximate surface area is 144 Å². The average Bonchev–Trinajstić information content (AvgIpc) is 2.77. The van der Waals surface area contributed by atoms with Crippen molar-refractivity contribution in [2.24, 2.45) is 0 Å². The lowest BCUT2D eigenvalue weighted by Crippen LogP contribution is -3.00. The summed E-state index contributed by atoms with van der Waals surface area (Å²) in [6, 6.07) is 8.12. The van der Waals surface area contributed by atoms with E-state index in [1.807, 2.05) is 36.1 Å². The number of fused-ring (bicyclic) bond motifs is 1. The fourth-order valence-electron chi connectivity index (χ4n) is 3.65. The van der Waals surface area contributed by atoms with Gasteiger partial charge in [-0.2, -0.15) is 0 Å². The Bertz CT molecular complexity index is 607. The number of benzene rings is 1. The van der Waals surface area contributed by atoms with Crippen molar-refractivity contribution >= 4 is 17.5 Å². The number of piperidine rings is 1. The van der Waals surface area contributed by atoms with Crippen LogP contribution in [0.4, 0.5) is 5.69 Å². The third-order valence-electron chi connectivity index (χ3n) is 4.92. The van der Waals surface area contributed by atoms with E-state index in [0.717, 1.165) is 37.2 Å². The summed E-state index contributed by atoms with van der Waals surface area (Å²) in [5.74, 6) is -0.0398. The molecule has 2 N–H and O–H groups in total. The Morgan fingerprint density at radius 2 is 2.04 bits per heavy atom. The highest BCUT2D eigenvalue weighted by molar-refractivity contribution is 6.10. The first kappa shape index (κ1) is 17.8. The summed E-state index contributed by atoms with van der Waals surface area (Å²) in [6.45, 7) is 3.76. The van der Waals surface area contributed by atoms with E-state index in [4.69, 9.17) is 0 Å². The quantitative estimate of drug-likeness (QED) is 0.691. The van der Waals surface area contributed by atoms with Crippen LogP contribution in [0.1, 0.15) is 33.2 Å². The van der Waals surface area contributed by atoms with Gasteiger partial charge in [0.15, 0.2) is 0 Å². The number of carbonyl (C=O) groups excluding carboxylic acids is 2. The topological polar surface area (TPSA) is 61.4 Å². The fourth-order valence-corrected chi connectivity index (χ4v) is 3.65. The van der Waals surface area contributed by atoms with Gasteiger partial charge in [-0.3, -0.25) is 9.59 Å². The van der Waals surface area contributed by atoms with Gasteiger partial charge in [0.2, 0.25) is 11.8 Å². The summed E-state index contributed by atoms with van der Waals surface area (Å²) in [4.78, 5) is 27.0. The Morgan fingerprint density at radius 1 is 1.39 bits per heavy atom. The van der Waals surface area contributed by atoms with E-state index < -0.39 is 5.41 Å². The van der Waals surface area contributed by atoms with Gasteiger partial charge in [0.05, 0.1) is 5.41 Å². The molecule has 0 bridgehead atoms. The third kappa shape index (κ3) is 2.95. The van der Waals surface area contributed by atoms with Crippen LogP contribution >= 0.6 is 0 Å². The number of carbonyl (C=O) groups is 2. The molecule has 1 aromatic carbocycles. The molecule has 1 aromatic rings. The van der Waals surface area contributed by atoms with Crippen LogP contribution in [-0.4, -0.2) is 38.0 Å². The molecular weight excluding hydrogens is 314 g/mol. The van der Waals surface area contributed by atoms with E-state index in [1.165, 1.54) is 0 Å². The van der Waals surface area contributed by atoms with Crippen molar-refractivity contribution in [3.05, 3.63) is 29.8 Å². The number of anilines is 1. The van der Waals surface area contributed by atoms with Crippen LogP contribution in [0.3, 0.4) is 0 Å². The number of rotatable bonds is 3. The highest BCUT2D eigenvalue weighted by atomic mass is 35.5. The Morgan fingerprint density at radius 3 is 2.70 bits per heavy atom. The lowest BCUT2D eigenvalue weighted by atomic mass is 9.80. The molecule has 1 atom stereocenters. The predicted molar refractivity (Wildman–Crippen MR) is 87.0 cm³/mol. The highest BCUT2D eigenvalue weighted by Gasteiger charge is 2.50. The fraction of sp³-hybridized carbons (Fsp3) is 0.529. The number of amides is 2. The van der Waals surface area contributed by atoms with Gasteiger partial charge < -0.3 is 27.9 Å². The van der Waals surface area contributed by atoms with Crippen molar-refractivity contribution in [1.29, 1.82) is 0 Å². The monoisotopic (exact) mass is 337 g/mol. The van der Waals surface area contributed by atoms with Gasteiger partial charge in [-0.15, -0.1) is 0 Å². The number of para-hydroxylation sites is 1. The zero-order valence-electron chi connectivity index (χ0n) is 14.6. The first-order valence-corrected chi connectivity index (χ1v) is 7.92. The van der Waals surface area contributed by atoms with Crippen LogP contribution in [0.5, 0.6) is 0 Å². The summed E-state index contributed by atoms with van der Waals surface area (Å²) in [5, 5.41) is 5.98. The molecule has 0 radical (unpaired) electrons. The van der Waals surface area contributed by atoms with Crippen molar-refractivity contribution in [2.45, 2.75) is 37.6 Å². The minimum Gasteiger partial charge on any atom is -1.00 e. The number of nitrogens with zero attached hydrogens (tertiary/aromatic N) is 1. The van der Waals surface area contributed by atoms with E-state index in [9.17, 15) is 9.59 Å². The van der Waals surface area contributed by atoms with Crippen molar-refractivity contribution in [3.63, 3.8) is 0 Å². The van der Waals surface area contributed by atoms with E-state index >= 15 is 0 Å². The number of hydrogen-bond donors (Lipinski definition) is 2. The van der Waals surface area contributed by atoms with E-state index in [-0.39, 0.29) is 38.1 Å². The second-order valence-electron chi connectivity index (χ2n) is 6.36. The first-order valence-electron chi connectivity index (χ1n) is 7.92. The first-order chi connectivity index (χ1) is 10.6. The lowest BCUT2D eigenvalue weighted by Gasteiger charge is -2.33. The molecule has 126 valence electrons. The van der Waals surface area contributed by atoms with Gasteiger partial charge >= 0.3 is 1.43 Å². The van der Waals surface area contributed by atoms with Gasteiger partial charge in [0, 0.05) is 25.2 Å². The molecule has 3 rings (SSSR count). The molecule has 0 aliphatic carbocycles. The standard InChI is InChI=1S/C17H23N3O2.ClH/c1-17(11-15(21)18-2)13-5-3-4-6-14(13)20(16(17)22)12-7-9-19-10-8-12;/h3-6,12,19H,7-11H2,1-2H3,(H,18,21);1H. The number of nitrogens with one attached hydrogen (secondary N) is 2. The second-order valence-corrected chi connectivity index (χ2v) is 6.36. The maximum Gasteiger partial charge on any atom is 1.00 e. The van der Waals surface area contributed by atoms with Gasteiger partial charge in [0.1, 0.15) is 0 Å². The smallest absolute Gasteiger partial charge is 1.00 e. The van der Waals surface area contributed by atoms with Gasteiger partial charge in [-0.05, 0) is 44.5 Å². The minimum absolute atomic E-state index is 0. The van der Waals surface area contributed by atoms with E-state index in [1.54, 1.807) is 7.05 Å². The molecule has 0 aromatic heterocycles. The average molecular weight is 338 g/mol. The summed E-state index contributed by atoms with van der Waals surface area (Å²) < 4.78 is 0. The predicted octanol–water partition coefficient (Wildman–Crippen LogP) is -1.70. The highest BCUT2D eigenvalue weighted by Crippen LogP contribution is 2.45. The van der Waals surface area contributed by atoms with Crippen LogP contribution in [-0.2, 0) is 15.0 Å². The molecule has 6 heteroatoms. The molecule has 2 aliphatic heterocycles. The zero-order valence-corrected chi connectivity index (χ0v) is 14.3. The third-order valence-corrected chi connectivity index (χ3v) is 4.92. The van der Waals surface area contributed by atoms with Crippen molar-refractivity contribution < 1.29 is 23.4 Å². The SMILES string of the molecule is CNC(=O)CC1(C)C(=O)N(C2CCNCC2)c2ccccc21.[Cl-].[H+]. The molecule has 2 heterocycles. The van der Waals surface area contributed by atoms with Crippen molar-refractivity contribution in [1.82, 2.24) is 10.6 Å². The number of hydrogen-bond acceptors (Lipinski definition) is 3. The Kier molecular flexibility index (Phi) is 5.32. The molecule has 1 unspecified atom stereocenters. The van der Waals surface area contributed by atoms with Gasteiger partial charge in [0.25, 0.3) is 0 Å². The Balaban J connectivity index is 0.00000144. The van der Waals surface area contributed by atoms with Crippen LogP contribution in [0.25, 0.3) is 0 Å². The molecule has 2 aliphatic rings. The van der Waals surface area contributed by atoms with E-state index in [2.05, 4.69) is 10.6 Å². The molecule has 0 saturated carbocycles. The van der Waals surface area contributed by atoms with Gasteiger partial charge in [-0.1, -0.05) is 18.2 Å². The summed E-state index contributed by atoms with van der Waals surface area (Å²) in [6.07, 6.45) is 2.10. The van der Waals surface area contributed by atoms with Crippen LogP contribution in [0.15, 0.2) is 24.3 Å². The molecule has 5 nitrogen and oxygen atoms in total. The van der Waals surface area contributed by atoms with Crippen molar-refractivity contribution in [2.75, 3.05) is 25.0 Å². The van der Waals surface area contributed by atoms with E-state index in [0.29, 0.717) is 0 Å².